The molecule has 1 aromatic rings. The molecule has 1 atom stereocenters. The van der Waals surface area contributed by atoms with Crippen LogP contribution in [0.3, 0.4) is 0 Å². The maximum atomic E-state index is 13.0. The van der Waals surface area contributed by atoms with E-state index in [-0.39, 0.29) is 25.4 Å². The summed E-state index contributed by atoms with van der Waals surface area (Å²) in [5, 5.41) is 2.63. The summed E-state index contributed by atoms with van der Waals surface area (Å²) >= 11 is 0. The van der Waals surface area contributed by atoms with Crippen molar-refractivity contribution in [3.8, 4) is 0 Å². The average Bonchev–Trinajstić information content (AvgIpc) is 3.01. The van der Waals surface area contributed by atoms with Gasteiger partial charge in [-0.2, -0.15) is 13.2 Å². The van der Waals surface area contributed by atoms with Crippen LogP contribution in [0.5, 0.6) is 0 Å². The summed E-state index contributed by atoms with van der Waals surface area (Å²) in [5.74, 6) is -0.382. The normalized spacial score (nSPS) is 23.0. The molecule has 0 aromatic heterocycles. The second-order valence-electron chi connectivity index (χ2n) is 7.45. The molecule has 2 aliphatic heterocycles. The van der Waals surface area contributed by atoms with Crippen molar-refractivity contribution in [1.82, 2.24) is 4.90 Å². The number of ether oxygens (including phenoxy) is 1. The molecule has 1 saturated heterocycles. The molecular weight excluding hydrogens is 337 g/mol. The van der Waals surface area contributed by atoms with E-state index in [0.29, 0.717) is 11.3 Å². The Kier molecular flexibility index (Phi) is 3.78. The van der Waals surface area contributed by atoms with Crippen molar-refractivity contribution in [1.29, 1.82) is 0 Å². The highest BCUT2D eigenvalue weighted by atomic mass is 19.4. The van der Waals surface area contributed by atoms with E-state index in [0.717, 1.165) is 12.1 Å². The molecule has 1 fully saturated rings. The monoisotopic (exact) mass is 356 g/mol. The molecule has 0 saturated carbocycles. The van der Waals surface area contributed by atoms with Gasteiger partial charge in [0.1, 0.15) is 5.60 Å². The van der Waals surface area contributed by atoms with Crippen LogP contribution in [0.15, 0.2) is 18.2 Å². The number of amides is 2. The van der Waals surface area contributed by atoms with Crippen molar-refractivity contribution in [3.63, 3.8) is 0 Å². The largest absolute Gasteiger partial charge is 0.444 e. The lowest BCUT2D eigenvalue weighted by Crippen LogP contribution is -2.41. The molecule has 0 bridgehead atoms. The first-order valence-corrected chi connectivity index (χ1v) is 7.93. The molecule has 136 valence electrons. The highest BCUT2D eigenvalue weighted by Gasteiger charge is 2.53. The molecule has 5 nitrogen and oxygen atoms in total. The molecule has 1 spiro atoms. The van der Waals surface area contributed by atoms with Crippen molar-refractivity contribution in [2.45, 2.75) is 44.4 Å². The Balaban J connectivity index is 1.92. The number of hydrogen-bond donors (Lipinski definition) is 1. The van der Waals surface area contributed by atoms with Crippen LogP contribution in [0.1, 0.15) is 38.3 Å². The Morgan fingerprint density at radius 2 is 1.96 bits per heavy atom. The van der Waals surface area contributed by atoms with E-state index in [1.165, 1.54) is 11.0 Å². The quantitative estimate of drug-likeness (QED) is 0.774. The maximum absolute atomic E-state index is 13.0. The summed E-state index contributed by atoms with van der Waals surface area (Å²) in [6.45, 7) is 5.43. The second-order valence-corrected chi connectivity index (χ2v) is 7.45. The molecule has 0 radical (unpaired) electrons. The minimum absolute atomic E-state index is 0.00204. The van der Waals surface area contributed by atoms with Crippen molar-refractivity contribution in [3.05, 3.63) is 29.3 Å². The van der Waals surface area contributed by atoms with Crippen LogP contribution < -0.4 is 5.32 Å². The molecule has 3 rings (SSSR count). The van der Waals surface area contributed by atoms with Crippen molar-refractivity contribution in [2.24, 2.45) is 0 Å². The van der Waals surface area contributed by atoms with Gasteiger partial charge in [0, 0.05) is 18.8 Å². The van der Waals surface area contributed by atoms with E-state index in [1.54, 1.807) is 20.8 Å². The van der Waals surface area contributed by atoms with Crippen LogP contribution >= 0.6 is 0 Å². The zero-order valence-electron chi connectivity index (χ0n) is 14.2. The van der Waals surface area contributed by atoms with Crippen LogP contribution in [0, 0.1) is 0 Å². The topological polar surface area (TPSA) is 58.6 Å². The summed E-state index contributed by atoms with van der Waals surface area (Å²) in [6, 6.07) is 3.21. The first-order chi connectivity index (χ1) is 11.4. The lowest BCUT2D eigenvalue weighted by atomic mass is 9.80. The molecule has 1 aromatic carbocycles. The summed E-state index contributed by atoms with van der Waals surface area (Å²) in [6.07, 6.45) is -4.81. The first kappa shape index (κ1) is 17.6. The predicted octanol–water partition coefficient (Wildman–Crippen LogP) is 3.54. The first-order valence-electron chi connectivity index (χ1n) is 7.93. The van der Waals surface area contributed by atoms with Crippen molar-refractivity contribution >= 4 is 17.7 Å². The third-order valence-corrected chi connectivity index (χ3v) is 4.47. The van der Waals surface area contributed by atoms with Gasteiger partial charge in [-0.25, -0.2) is 4.79 Å². The van der Waals surface area contributed by atoms with Gasteiger partial charge < -0.3 is 15.0 Å². The number of anilines is 1. The van der Waals surface area contributed by atoms with Gasteiger partial charge in [0.2, 0.25) is 5.91 Å². The average molecular weight is 356 g/mol. The van der Waals surface area contributed by atoms with Gasteiger partial charge >= 0.3 is 12.3 Å². The summed E-state index contributed by atoms with van der Waals surface area (Å²) < 4.78 is 44.4. The SMILES string of the molecule is CC(C)(C)OC(=O)N1CC[C@]2(C1)C(=O)Nc1ccc(C(F)(F)F)cc12. The zero-order valence-corrected chi connectivity index (χ0v) is 14.2. The van der Waals surface area contributed by atoms with E-state index >= 15 is 0 Å². The number of halogens is 3. The Morgan fingerprint density at radius 3 is 2.56 bits per heavy atom. The zero-order chi connectivity index (χ0) is 18.6. The van der Waals surface area contributed by atoms with Gasteiger partial charge in [-0.05, 0) is 51.0 Å². The second kappa shape index (κ2) is 5.37. The third-order valence-electron chi connectivity index (χ3n) is 4.47. The molecule has 1 N–H and O–H groups in total. The van der Waals surface area contributed by atoms with Crippen molar-refractivity contribution in [2.75, 3.05) is 18.4 Å². The number of fused-ring (bicyclic) bond motifs is 2. The van der Waals surface area contributed by atoms with E-state index in [4.69, 9.17) is 4.74 Å². The molecule has 2 amide bonds. The number of nitrogens with zero attached hydrogens (tertiary/aromatic N) is 1. The number of hydrogen-bond acceptors (Lipinski definition) is 3. The van der Waals surface area contributed by atoms with Gasteiger partial charge in [0.05, 0.1) is 11.0 Å². The lowest BCUT2D eigenvalue weighted by Gasteiger charge is -2.26. The number of rotatable bonds is 0. The fourth-order valence-corrected chi connectivity index (χ4v) is 3.29. The van der Waals surface area contributed by atoms with Crippen LogP contribution in [0.4, 0.5) is 23.7 Å². The summed E-state index contributed by atoms with van der Waals surface area (Å²) in [7, 11) is 0. The number of carbonyl (C=O) groups is 2. The highest BCUT2D eigenvalue weighted by molar-refractivity contribution is 6.07. The molecule has 8 heteroatoms. The minimum Gasteiger partial charge on any atom is -0.444 e. The number of benzene rings is 1. The Morgan fingerprint density at radius 1 is 1.28 bits per heavy atom. The maximum Gasteiger partial charge on any atom is 0.416 e. The van der Waals surface area contributed by atoms with Crippen LogP contribution in [0.25, 0.3) is 0 Å². The van der Waals surface area contributed by atoms with Gasteiger partial charge in [0.15, 0.2) is 0 Å². The minimum atomic E-state index is -4.49. The van der Waals surface area contributed by atoms with Gasteiger partial charge in [0.25, 0.3) is 0 Å². The number of nitrogens with one attached hydrogen (secondary N) is 1. The highest BCUT2D eigenvalue weighted by Crippen LogP contribution is 2.46. The van der Waals surface area contributed by atoms with E-state index in [2.05, 4.69) is 5.32 Å². The van der Waals surface area contributed by atoms with Crippen LogP contribution in [-0.4, -0.2) is 35.6 Å². The van der Waals surface area contributed by atoms with Gasteiger partial charge in [-0.15, -0.1) is 0 Å². The molecule has 0 aliphatic carbocycles. The Labute approximate surface area is 143 Å². The van der Waals surface area contributed by atoms with E-state index in [1.807, 2.05) is 0 Å². The van der Waals surface area contributed by atoms with Gasteiger partial charge in [-0.1, -0.05) is 0 Å². The summed E-state index contributed by atoms with van der Waals surface area (Å²) in [5.41, 5.74) is -2.00. The Bertz CT molecular complexity index is 740. The van der Waals surface area contributed by atoms with E-state index < -0.39 is 28.8 Å². The standard InChI is InChI=1S/C17H19F3N2O3/c1-15(2,3)25-14(24)22-7-6-16(9-22)11-8-10(17(18,19)20)4-5-12(11)21-13(16)23/h4-5,8H,6-7,9H2,1-3H3,(H,21,23)/t16-/m1/s1. The fourth-order valence-electron chi connectivity index (χ4n) is 3.29. The molecule has 0 unspecified atom stereocenters. The fraction of sp³-hybridized carbons (Fsp3) is 0.529. The molecule has 2 aliphatic rings. The predicted molar refractivity (Wildman–Crippen MR) is 84.2 cm³/mol. The molecule has 25 heavy (non-hydrogen) atoms. The van der Waals surface area contributed by atoms with E-state index in [9.17, 15) is 22.8 Å². The van der Waals surface area contributed by atoms with Crippen molar-refractivity contribution < 1.29 is 27.5 Å². The summed E-state index contributed by atoms with van der Waals surface area (Å²) in [4.78, 5) is 26.1. The third kappa shape index (κ3) is 3.05. The lowest BCUT2D eigenvalue weighted by molar-refractivity contribution is -0.137. The smallest absolute Gasteiger partial charge is 0.416 e. The van der Waals surface area contributed by atoms with Crippen LogP contribution in [-0.2, 0) is 21.1 Å². The molecular formula is C17H19F3N2O3. The number of carbonyl (C=O) groups excluding carboxylic acids is 2. The number of alkyl halides is 3. The number of likely N-dealkylation sites (tertiary alicyclic amines) is 1. The van der Waals surface area contributed by atoms with Gasteiger partial charge in [-0.3, -0.25) is 4.79 Å². The van der Waals surface area contributed by atoms with Crippen LogP contribution in [0.2, 0.25) is 0 Å². The molecule has 2 heterocycles. The Hall–Kier alpha value is -2.25.